The van der Waals surface area contributed by atoms with Crippen molar-refractivity contribution in [1.82, 2.24) is 9.97 Å². The van der Waals surface area contributed by atoms with Gasteiger partial charge in [0.25, 0.3) is 0 Å². The van der Waals surface area contributed by atoms with E-state index >= 15 is 0 Å². The van der Waals surface area contributed by atoms with Crippen LogP contribution in [0.4, 0.5) is 0 Å². The molecule has 3 heteroatoms. The van der Waals surface area contributed by atoms with Crippen LogP contribution in [-0.2, 0) is 4.43 Å². The monoisotopic (exact) mass is 270 g/mol. The summed E-state index contributed by atoms with van der Waals surface area (Å²) in [7, 11) is 0. The number of hydrogen-bond acceptors (Lipinski definition) is 2. The maximum absolute atomic E-state index is 4.42. The minimum atomic E-state index is 0.912. The topological polar surface area (TPSA) is 25.8 Å². The van der Waals surface area contributed by atoms with Crippen LogP contribution < -0.4 is 0 Å². The van der Waals surface area contributed by atoms with Crippen molar-refractivity contribution in [3.8, 4) is 0 Å². The summed E-state index contributed by atoms with van der Waals surface area (Å²) in [6, 6.07) is 7.91. The molecule has 0 bridgehead atoms. The predicted molar refractivity (Wildman–Crippen MR) is 57.3 cm³/mol. The van der Waals surface area contributed by atoms with Crippen LogP contribution in [-0.4, -0.2) is 9.97 Å². The molecular formula is C9H7IN2. The van der Waals surface area contributed by atoms with E-state index in [2.05, 4.69) is 32.6 Å². The van der Waals surface area contributed by atoms with E-state index in [1.165, 1.54) is 0 Å². The first-order valence-electron chi connectivity index (χ1n) is 3.67. The lowest BCUT2D eigenvalue weighted by Gasteiger charge is -1.97. The van der Waals surface area contributed by atoms with Gasteiger partial charge in [0, 0.05) is 10.6 Å². The zero-order valence-corrected chi connectivity index (χ0v) is 8.52. The Hall–Kier alpha value is -0.710. The molecule has 12 heavy (non-hydrogen) atoms. The van der Waals surface area contributed by atoms with Gasteiger partial charge in [0.1, 0.15) is 0 Å². The fourth-order valence-electron chi connectivity index (χ4n) is 1.06. The SMILES string of the molecule is ICc1cnc2ccccc2n1. The first kappa shape index (κ1) is 7.91. The normalized spacial score (nSPS) is 10.4. The Morgan fingerprint density at radius 2 is 1.92 bits per heavy atom. The number of rotatable bonds is 1. The van der Waals surface area contributed by atoms with Crippen LogP contribution in [0.15, 0.2) is 30.5 Å². The van der Waals surface area contributed by atoms with Gasteiger partial charge in [0.05, 0.1) is 16.7 Å². The Labute approximate surface area is 84.2 Å². The predicted octanol–water partition coefficient (Wildman–Crippen LogP) is 2.56. The van der Waals surface area contributed by atoms with E-state index in [-0.39, 0.29) is 0 Å². The molecule has 2 nitrogen and oxygen atoms in total. The lowest BCUT2D eigenvalue weighted by Crippen LogP contribution is -1.88. The van der Waals surface area contributed by atoms with Crippen LogP contribution in [0.25, 0.3) is 11.0 Å². The van der Waals surface area contributed by atoms with Crippen LogP contribution in [0.1, 0.15) is 5.69 Å². The lowest BCUT2D eigenvalue weighted by atomic mass is 10.3. The van der Waals surface area contributed by atoms with Crippen LogP contribution in [0.3, 0.4) is 0 Å². The first-order chi connectivity index (χ1) is 5.90. The second-order valence-electron chi connectivity index (χ2n) is 2.48. The van der Waals surface area contributed by atoms with Crippen LogP contribution >= 0.6 is 22.6 Å². The Morgan fingerprint density at radius 3 is 2.67 bits per heavy atom. The molecule has 0 aliphatic carbocycles. The van der Waals surface area contributed by atoms with Crippen molar-refractivity contribution in [2.45, 2.75) is 4.43 Å². The third-order valence-corrected chi connectivity index (χ3v) is 2.42. The summed E-state index contributed by atoms with van der Waals surface area (Å²) in [5, 5.41) is 0. The second-order valence-corrected chi connectivity index (χ2v) is 3.25. The average Bonchev–Trinajstić information content (AvgIpc) is 2.17. The molecular weight excluding hydrogens is 263 g/mol. The van der Waals surface area contributed by atoms with Crippen molar-refractivity contribution >= 4 is 33.6 Å². The summed E-state index contributed by atoms with van der Waals surface area (Å²) < 4.78 is 0.912. The summed E-state index contributed by atoms with van der Waals surface area (Å²) >= 11 is 2.28. The molecule has 0 saturated carbocycles. The standard InChI is InChI=1S/C9H7IN2/c10-5-7-6-11-8-3-1-2-4-9(8)12-7/h1-4,6H,5H2. The number of benzene rings is 1. The van der Waals surface area contributed by atoms with E-state index in [9.17, 15) is 0 Å². The van der Waals surface area contributed by atoms with Gasteiger partial charge in [-0.25, -0.2) is 4.98 Å². The molecule has 2 rings (SSSR count). The van der Waals surface area contributed by atoms with E-state index in [0.29, 0.717) is 0 Å². The molecule has 0 unspecified atom stereocenters. The van der Waals surface area contributed by atoms with Crippen molar-refractivity contribution in [3.63, 3.8) is 0 Å². The highest BCUT2D eigenvalue weighted by Gasteiger charge is 1.95. The first-order valence-corrected chi connectivity index (χ1v) is 5.19. The molecule has 1 aromatic carbocycles. The Balaban J connectivity index is 2.67. The smallest absolute Gasteiger partial charge is 0.0890 e. The van der Waals surface area contributed by atoms with Crippen molar-refractivity contribution in [2.24, 2.45) is 0 Å². The minimum Gasteiger partial charge on any atom is -0.253 e. The fraction of sp³-hybridized carbons (Fsp3) is 0.111. The van der Waals surface area contributed by atoms with Crippen LogP contribution in [0, 0.1) is 0 Å². The van der Waals surface area contributed by atoms with Crippen molar-refractivity contribution < 1.29 is 0 Å². The summed E-state index contributed by atoms with van der Waals surface area (Å²) in [5.41, 5.74) is 2.98. The lowest BCUT2D eigenvalue weighted by molar-refractivity contribution is 1.18. The molecule has 0 fully saturated rings. The number of para-hydroxylation sites is 2. The van der Waals surface area contributed by atoms with Gasteiger partial charge in [-0.2, -0.15) is 0 Å². The number of nitrogens with zero attached hydrogens (tertiary/aromatic N) is 2. The molecule has 60 valence electrons. The third kappa shape index (κ3) is 1.41. The van der Waals surface area contributed by atoms with Gasteiger partial charge in [-0.3, -0.25) is 4.98 Å². The van der Waals surface area contributed by atoms with Gasteiger partial charge in [-0.1, -0.05) is 34.7 Å². The van der Waals surface area contributed by atoms with Crippen molar-refractivity contribution in [2.75, 3.05) is 0 Å². The number of aromatic nitrogens is 2. The van der Waals surface area contributed by atoms with Gasteiger partial charge < -0.3 is 0 Å². The van der Waals surface area contributed by atoms with Crippen molar-refractivity contribution in [1.29, 1.82) is 0 Å². The summed E-state index contributed by atoms with van der Waals surface area (Å²) in [6.45, 7) is 0. The van der Waals surface area contributed by atoms with E-state index < -0.39 is 0 Å². The van der Waals surface area contributed by atoms with Crippen molar-refractivity contribution in [3.05, 3.63) is 36.2 Å². The molecule has 0 spiro atoms. The summed E-state index contributed by atoms with van der Waals surface area (Å²) in [6.07, 6.45) is 1.83. The minimum absolute atomic E-state index is 0.912. The highest BCUT2D eigenvalue weighted by molar-refractivity contribution is 14.1. The Kier molecular flexibility index (Phi) is 2.21. The molecule has 0 aliphatic heterocycles. The van der Waals surface area contributed by atoms with E-state index in [1.807, 2.05) is 30.5 Å². The van der Waals surface area contributed by atoms with Crippen LogP contribution in [0.2, 0.25) is 0 Å². The number of fused-ring (bicyclic) bond motifs is 1. The molecule has 0 N–H and O–H groups in total. The maximum atomic E-state index is 4.42. The highest BCUT2D eigenvalue weighted by Crippen LogP contribution is 2.09. The molecule has 0 amide bonds. The van der Waals surface area contributed by atoms with Gasteiger partial charge in [0.15, 0.2) is 0 Å². The fourth-order valence-corrected chi connectivity index (χ4v) is 1.43. The Morgan fingerprint density at radius 1 is 1.17 bits per heavy atom. The van der Waals surface area contributed by atoms with Gasteiger partial charge in [0.2, 0.25) is 0 Å². The van der Waals surface area contributed by atoms with Gasteiger partial charge in [-0.05, 0) is 12.1 Å². The second kappa shape index (κ2) is 3.35. The van der Waals surface area contributed by atoms with Crippen LogP contribution in [0.5, 0.6) is 0 Å². The summed E-state index contributed by atoms with van der Waals surface area (Å²) in [5.74, 6) is 0. The quantitative estimate of drug-likeness (QED) is 0.588. The zero-order valence-electron chi connectivity index (χ0n) is 6.37. The number of halogens is 1. The molecule has 2 aromatic rings. The molecule has 0 aliphatic rings. The molecule has 0 saturated heterocycles. The van der Waals surface area contributed by atoms with Gasteiger partial charge >= 0.3 is 0 Å². The van der Waals surface area contributed by atoms with E-state index in [0.717, 1.165) is 21.2 Å². The van der Waals surface area contributed by atoms with Gasteiger partial charge in [-0.15, -0.1) is 0 Å². The largest absolute Gasteiger partial charge is 0.253 e. The summed E-state index contributed by atoms with van der Waals surface area (Å²) in [4.78, 5) is 8.71. The number of alkyl halides is 1. The van der Waals surface area contributed by atoms with E-state index in [4.69, 9.17) is 0 Å². The zero-order chi connectivity index (χ0) is 8.39. The molecule has 1 aromatic heterocycles. The van der Waals surface area contributed by atoms with E-state index in [1.54, 1.807) is 0 Å². The third-order valence-electron chi connectivity index (χ3n) is 1.64. The molecule has 0 atom stereocenters. The Bertz CT molecular complexity index is 400. The highest BCUT2D eigenvalue weighted by atomic mass is 127. The molecule has 0 radical (unpaired) electrons. The maximum Gasteiger partial charge on any atom is 0.0890 e. The average molecular weight is 270 g/mol. The number of hydrogen-bond donors (Lipinski definition) is 0. The molecule has 1 heterocycles.